The van der Waals surface area contributed by atoms with E-state index < -0.39 is 0 Å². The van der Waals surface area contributed by atoms with E-state index in [1.165, 1.54) is 0 Å². The first kappa shape index (κ1) is 18.0. The second-order valence-electron chi connectivity index (χ2n) is 6.95. The van der Waals surface area contributed by atoms with Gasteiger partial charge in [-0.25, -0.2) is 4.98 Å². The Balaban J connectivity index is 1.43. The van der Waals surface area contributed by atoms with Gasteiger partial charge in [-0.3, -0.25) is 9.59 Å². The van der Waals surface area contributed by atoms with E-state index in [4.69, 9.17) is 0 Å². The van der Waals surface area contributed by atoms with Gasteiger partial charge in [-0.1, -0.05) is 18.2 Å². The number of hydrogen-bond acceptors (Lipinski definition) is 3. The lowest BCUT2D eigenvalue weighted by Crippen LogP contribution is -2.23. The lowest BCUT2D eigenvalue weighted by molar-refractivity contribution is -0.117. The Labute approximate surface area is 163 Å². The molecule has 6 nitrogen and oxygen atoms in total. The van der Waals surface area contributed by atoms with E-state index in [1.54, 1.807) is 11.1 Å². The van der Waals surface area contributed by atoms with Crippen LogP contribution in [0.2, 0.25) is 0 Å². The molecule has 2 amide bonds. The molecule has 142 valence electrons. The van der Waals surface area contributed by atoms with Gasteiger partial charge in [-0.2, -0.15) is 0 Å². The summed E-state index contributed by atoms with van der Waals surface area (Å²) in [6.07, 6.45) is 5.18. The van der Waals surface area contributed by atoms with Crippen molar-refractivity contribution in [1.82, 2.24) is 9.55 Å². The van der Waals surface area contributed by atoms with Crippen LogP contribution in [0.1, 0.15) is 34.6 Å². The number of imidazole rings is 1. The summed E-state index contributed by atoms with van der Waals surface area (Å²) in [5.74, 6) is 0.917. The Bertz CT molecular complexity index is 1010. The highest BCUT2D eigenvalue weighted by molar-refractivity contribution is 6.05. The Hall–Kier alpha value is -3.41. The van der Waals surface area contributed by atoms with Crippen LogP contribution in [-0.2, 0) is 11.3 Å². The van der Waals surface area contributed by atoms with Crippen molar-refractivity contribution in [3.63, 3.8) is 0 Å². The topological polar surface area (TPSA) is 67.2 Å². The third kappa shape index (κ3) is 3.81. The largest absolute Gasteiger partial charge is 0.331 e. The lowest BCUT2D eigenvalue weighted by atomic mass is 10.1. The molecule has 1 aromatic heterocycles. The number of nitrogens with zero attached hydrogens (tertiary/aromatic N) is 3. The molecule has 0 unspecified atom stereocenters. The van der Waals surface area contributed by atoms with E-state index in [9.17, 15) is 9.59 Å². The number of nitrogens with one attached hydrogen (secondary N) is 1. The van der Waals surface area contributed by atoms with Crippen molar-refractivity contribution in [1.29, 1.82) is 0 Å². The number of benzene rings is 2. The minimum atomic E-state index is -0.171. The van der Waals surface area contributed by atoms with Gasteiger partial charge in [0.25, 0.3) is 5.91 Å². The fourth-order valence-corrected chi connectivity index (χ4v) is 3.41. The van der Waals surface area contributed by atoms with Crippen molar-refractivity contribution in [3.05, 3.63) is 77.9 Å². The Kier molecular flexibility index (Phi) is 4.93. The minimum absolute atomic E-state index is 0.132. The lowest BCUT2D eigenvalue weighted by Gasteiger charge is -2.16. The molecule has 0 bridgehead atoms. The molecule has 0 aliphatic carbocycles. The number of rotatable bonds is 5. The average molecular weight is 374 g/mol. The zero-order valence-electron chi connectivity index (χ0n) is 15.8. The van der Waals surface area contributed by atoms with E-state index >= 15 is 0 Å². The molecular weight excluding hydrogens is 352 g/mol. The minimum Gasteiger partial charge on any atom is -0.331 e. The van der Waals surface area contributed by atoms with Crippen LogP contribution in [0, 0.1) is 6.92 Å². The summed E-state index contributed by atoms with van der Waals surface area (Å²) >= 11 is 0. The Morgan fingerprint density at radius 3 is 2.68 bits per heavy atom. The predicted molar refractivity (Wildman–Crippen MR) is 108 cm³/mol. The molecule has 2 heterocycles. The van der Waals surface area contributed by atoms with Crippen LogP contribution in [0.25, 0.3) is 0 Å². The molecule has 28 heavy (non-hydrogen) atoms. The van der Waals surface area contributed by atoms with Crippen LogP contribution in [0.3, 0.4) is 0 Å². The molecule has 1 saturated heterocycles. The number of aromatic nitrogens is 2. The first-order valence-electron chi connectivity index (χ1n) is 9.38. The second-order valence-corrected chi connectivity index (χ2v) is 6.95. The van der Waals surface area contributed by atoms with E-state index in [0.717, 1.165) is 36.6 Å². The maximum absolute atomic E-state index is 12.6. The summed E-state index contributed by atoms with van der Waals surface area (Å²) in [6, 6.07) is 15.0. The molecule has 2 aromatic carbocycles. The molecule has 1 fully saturated rings. The van der Waals surface area contributed by atoms with Gasteiger partial charge in [0.15, 0.2) is 0 Å². The quantitative estimate of drug-likeness (QED) is 0.742. The van der Waals surface area contributed by atoms with Gasteiger partial charge in [0.1, 0.15) is 5.82 Å². The maximum Gasteiger partial charge on any atom is 0.255 e. The van der Waals surface area contributed by atoms with Gasteiger partial charge in [0, 0.05) is 48.8 Å². The van der Waals surface area contributed by atoms with Gasteiger partial charge in [-0.05, 0) is 49.2 Å². The maximum atomic E-state index is 12.6. The number of carbonyl (C=O) groups excluding carboxylic acids is 2. The number of aryl methyl sites for hydroxylation is 1. The summed E-state index contributed by atoms with van der Waals surface area (Å²) in [6.45, 7) is 3.42. The summed E-state index contributed by atoms with van der Waals surface area (Å²) in [5.41, 5.74) is 3.20. The molecule has 1 N–H and O–H groups in total. The van der Waals surface area contributed by atoms with Crippen LogP contribution < -0.4 is 10.2 Å². The first-order valence-corrected chi connectivity index (χ1v) is 9.38. The number of amides is 2. The van der Waals surface area contributed by atoms with Gasteiger partial charge >= 0.3 is 0 Å². The Morgan fingerprint density at radius 2 is 2.00 bits per heavy atom. The highest BCUT2D eigenvalue weighted by Crippen LogP contribution is 2.24. The van der Waals surface area contributed by atoms with E-state index in [0.29, 0.717) is 17.7 Å². The molecule has 0 atom stereocenters. The van der Waals surface area contributed by atoms with Gasteiger partial charge < -0.3 is 14.8 Å². The second kappa shape index (κ2) is 7.68. The smallest absolute Gasteiger partial charge is 0.255 e. The van der Waals surface area contributed by atoms with Crippen LogP contribution >= 0.6 is 0 Å². The fourth-order valence-electron chi connectivity index (χ4n) is 3.41. The third-order valence-corrected chi connectivity index (χ3v) is 4.98. The Morgan fingerprint density at radius 1 is 1.18 bits per heavy atom. The molecular formula is C22H22N4O2. The summed E-state index contributed by atoms with van der Waals surface area (Å²) in [7, 11) is 0. The van der Waals surface area contributed by atoms with E-state index in [2.05, 4.69) is 14.9 Å². The molecule has 0 saturated carbocycles. The van der Waals surface area contributed by atoms with Gasteiger partial charge in [-0.15, -0.1) is 0 Å². The highest BCUT2D eigenvalue weighted by Gasteiger charge is 2.21. The monoisotopic (exact) mass is 374 g/mol. The van der Waals surface area contributed by atoms with Crippen molar-refractivity contribution in [3.8, 4) is 0 Å². The summed E-state index contributed by atoms with van der Waals surface area (Å²) in [5, 5.41) is 2.92. The molecule has 4 rings (SSSR count). The van der Waals surface area contributed by atoms with Crippen molar-refractivity contribution < 1.29 is 9.59 Å². The van der Waals surface area contributed by atoms with Gasteiger partial charge in [0.05, 0.1) is 0 Å². The number of anilines is 2. The molecule has 1 aliphatic heterocycles. The van der Waals surface area contributed by atoms with Crippen molar-refractivity contribution in [2.24, 2.45) is 0 Å². The zero-order valence-corrected chi connectivity index (χ0v) is 15.8. The molecule has 6 heteroatoms. The normalized spacial score (nSPS) is 13.8. The van der Waals surface area contributed by atoms with Gasteiger partial charge in [0.2, 0.25) is 5.91 Å². The standard InChI is InChI=1S/C22H22N4O2/c1-16-23-11-13-25(16)15-17-7-9-18(10-8-17)22(28)24-19-4-2-5-20(14-19)26-12-3-6-21(26)27/h2,4-5,7-11,13-14H,3,6,12,15H2,1H3,(H,24,28). The van der Waals surface area contributed by atoms with Crippen LogP contribution in [0.4, 0.5) is 11.4 Å². The van der Waals surface area contributed by atoms with Crippen molar-refractivity contribution in [2.75, 3.05) is 16.8 Å². The SMILES string of the molecule is Cc1nccn1Cc1ccc(C(=O)Nc2cccc(N3CCCC3=O)c2)cc1. The highest BCUT2D eigenvalue weighted by atomic mass is 16.2. The molecule has 0 radical (unpaired) electrons. The van der Waals surface area contributed by atoms with Crippen LogP contribution in [-0.4, -0.2) is 27.9 Å². The van der Waals surface area contributed by atoms with Crippen molar-refractivity contribution >= 4 is 23.2 Å². The van der Waals surface area contributed by atoms with Crippen LogP contribution in [0.15, 0.2) is 60.9 Å². The van der Waals surface area contributed by atoms with Crippen LogP contribution in [0.5, 0.6) is 0 Å². The van der Waals surface area contributed by atoms with Crippen molar-refractivity contribution in [2.45, 2.75) is 26.3 Å². The molecule has 3 aromatic rings. The summed E-state index contributed by atoms with van der Waals surface area (Å²) in [4.78, 5) is 30.5. The third-order valence-electron chi connectivity index (χ3n) is 4.98. The van der Waals surface area contributed by atoms with E-state index in [1.807, 2.05) is 61.7 Å². The molecule has 0 spiro atoms. The summed E-state index contributed by atoms with van der Waals surface area (Å²) < 4.78 is 2.06. The average Bonchev–Trinajstić information content (AvgIpc) is 3.31. The fraction of sp³-hybridized carbons (Fsp3) is 0.227. The zero-order chi connectivity index (χ0) is 19.5. The van der Waals surface area contributed by atoms with E-state index in [-0.39, 0.29) is 11.8 Å². The number of hydrogen-bond donors (Lipinski definition) is 1. The number of carbonyl (C=O) groups is 2. The first-order chi connectivity index (χ1) is 13.6. The molecule has 1 aliphatic rings. The predicted octanol–water partition coefficient (Wildman–Crippen LogP) is 3.62.